The van der Waals surface area contributed by atoms with Gasteiger partial charge in [-0.05, 0) is 32.8 Å². The van der Waals surface area contributed by atoms with Crippen LogP contribution >= 0.6 is 0 Å². The highest BCUT2D eigenvalue weighted by atomic mass is 19.4. The fourth-order valence-electron chi connectivity index (χ4n) is 3.36. The summed E-state index contributed by atoms with van der Waals surface area (Å²) in [5.41, 5.74) is 0.269. The van der Waals surface area contributed by atoms with Crippen molar-refractivity contribution >= 4 is 17.2 Å². The van der Waals surface area contributed by atoms with E-state index in [1.807, 2.05) is 13.8 Å². The first-order valence-corrected chi connectivity index (χ1v) is 10.1. The third kappa shape index (κ3) is 5.78. The minimum absolute atomic E-state index is 0.0198. The smallest absolute Gasteiger partial charge is 0.384 e. The minimum Gasteiger partial charge on any atom is -0.384 e. The molecule has 0 saturated heterocycles. The van der Waals surface area contributed by atoms with Crippen LogP contribution in [-0.2, 0) is 0 Å². The van der Waals surface area contributed by atoms with Crippen LogP contribution in [0.2, 0.25) is 0 Å². The number of nitrogens with zero attached hydrogens (tertiary/aromatic N) is 5. The van der Waals surface area contributed by atoms with Crippen molar-refractivity contribution in [1.29, 1.82) is 0 Å². The highest BCUT2D eigenvalue weighted by Crippen LogP contribution is 2.34. The van der Waals surface area contributed by atoms with Crippen LogP contribution in [0.1, 0.15) is 62.4 Å². The number of carbonyl (C=O) groups is 1. The summed E-state index contributed by atoms with van der Waals surface area (Å²) in [6.07, 6.45) is 5.56. The Labute approximate surface area is 182 Å². The van der Waals surface area contributed by atoms with E-state index in [1.54, 1.807) is 12.3 Å². The monoisotopic (exact) mass is 448 g/mol. The molecule has 3 aromatic heterocycles. The first-order chi connectivity index (χ1) is 15.3. The fourth-order valence-corrected chi connectivity index (χ4v) is 3.36. The van der Waals surface area contributed by atoms with Crippen molar-refractivity contribution < 1.29 is 22.7 Å². The van der Waals surface area contributed by atoms with Crippen molar-refractivity contribution in [2.75, 3.05) is 5.32 Å². The number of halogens is 3. The molecule has 11 heteroatoms. The van der Waals surface area contributed by atoms with E-state index in [4.69, 9.17) is 0 Å². The van der Waals surface area contributed by atoms with Gasteiger partial charge in [0, 0.05) is 12.4 Å². The molecule has 0 spiro atoms. The van der Waals surface area contributed by atoms with Crippen LogP contribution in [0.3, 0.4) is 0 Å². The second kappa shape index (κ2) is 10.2. The summed E-state index contributed by atoms with van der Waals surface area (Å²) in [4.78, 5) is 16.7. The standard InChI is InChI=1S/C17H17F3N6O2.C4H6/c18-17(19,20)28-16-13(10-26(24-16)11-5-2-1-3-6-11)23-15(27)12-9-22-25-8-4-7-21-14(12)25;1-3-4-2/h4,7-11H,1-3,5-6H2,(H,23,27);1-2H3. The quantitative estimate of drug-likeness (QED) is 0.589. The Hall–Kier alpha value is -3.55. The van der Waals surface area contributed by atoms with Crippen molar-refractivity contribution in [2.45, 2.75) is 58.4 Å². The number of nitrogens with one attached hydrogen (secondary N) is 1. The van der Waals surface area contributed by atoms with E-state index in [1.165, 1.54) is 27.8 Å². The molecule has 1 aliphatic rings. The van der Waals surface area contributed by atoms with E-state index in [2.05, 4.69) is 37.1 Å². The van der Waals surface area contributed by atoms with Crippen LogP contribution in [0.4, 0.5) is 18.9 Å². The average molecular weight is 448 g/mol. The van der Waals surface area contributed by atoms with Gasteiger partial charge < -0.3 is 10.1 Å². The molecule has 1 saturated carbocycles. The lowest BCUT2D eigenvalue weighted by molar-refractivity contribution is -0.276. The maximum Gasteiger partial charge on any atom is 0.574 e. The summed E-state index contributed by atoms with van der Waals surface area (Å²) in [7, 11) is 0. The zero-order chi connectivity index (χ0) is 23.1. The molecular formula is C21H23F3N6O2. The molecule has 0 unspecified atom stereocenters. The highest BCUT2D eigenvalue weighted by Gasteiger charge is 2.35. The van der Waals surface area contributed by atoms with Crippen molar-refractivity contribution in [3.63, 3.8) is 0 Å². The molecule has 3 aromatic rings. The Kier molecular flexibility index (Phi) is 7.35. The predicted octanol–water partition coefficient (Wildman–Crippen LogP) is 4.61. The third-order valence-corrected chi connectivity index (χ3v) is 4.88. The second-order valence-corrected chi connectivity index (χ2v) is 7.07. The van der Waals surface area contributed by atoms with Crippen LogP contribution in [0.25, 0.3) is 5.65 Å². The minimum atomic E-state index is -4.92. The van der Waals surface area contributed by atoms with E-state index in [9.17, 15) is 18.0 Å². The van der Waals surface area contributed by atoms with Crippen molar-refractivity contribution in [2.24, 2.45) is 0 Å². The summed E-state index contributed by atoms with van der Waals surface area (Å²) in [6, 6.07) is 1.62. The Bertz CT molecular complexity index is 1110. The average Bonchev–Trinajstić information content (AvgIpc) is 3.38. The van der Waals surface area contributed by atoms with E-state index < -0.39 is 18.1 Å². The molecule has 32 heavy (non-hydrogen) atoms. The molecule has 1 fully saturated rings. The Morgan fingerprint density at radius 3 is 2.59 bits per heavy atom. The fraction of sp³-hybridized carbons (Fsp3) is 0.429. The first-order valence-electron chi connectivity index (χ1n) is 10.1. The van der Waals surface area contributed by atoms with Crippen LogP contribution in [0.15, 0.2) is 30.9 Å². The van der Waals surface area contributed by atoms with Gasteiger partial charge in [-0.1, -0.05) is 19.3 Å². The molecule has 0 radical (unpaired) electrons. The predicted molar refractivity (Wildman–Crippen MR) is 111 cm³/mol. The summed E-state index contributed by atoms with van der Waals surface area (Å²) in [5.74, 6) is 4.03. The number of hydrogen-bond donors (Lipinski definition) is 1. The highest BCUT2D eigenvalue weighted by molar-refractivity contribution is 6.08. The lowest BCUT2D eigenvalue weighted by atomic mass is 9.96. The van der Waals surface area contributed by atoms with Gasteiger partial charge in [-0.2, -0.15) is 5.10 Å². The zero-order valence-electron chi connectivity index (χ0n) is 17.7. The molecule has 0 atom stereocenters. The SMILES string of the molecule is CC#CC.O=C(Nc1cn(C2CCCCC2)nc1OC(F)(F)F)c1cnn2cccnc12. The van der Waals surface area contributed by atoms with Gasteiger partial charge in [-0.3, -0.25) is 9.48 Å². The normalized spacial score (nSPS) is 14.2. The van der Waals surface area contributed by atoms with Crippen LogP contribution in [0.5, 0.6) is 5.88 Å². The van der Waals surface area contributed by atoms with Gasteiger partial charge in [0.2, 0.25) is 0 Å². The number of fused-ring (bicyclic) bond motifs is 1. The number of alkyl halides is 3. The lowest BCUT2D eigenvalue weighted by Crippen LogP contribution is -2.20. The molecule has 1 aliphatic carbocycles. The molecular weight excluding hydrogens is 425 g/mol. The second-order valence-electron chi connectivity index (χ2n) is 7.07. The van der Waals surface area contributed by atoms with Gasteiger partial charge in [-0.15, -0.1) is 30.1 Å². The summed E-state index contributed by atoms with van der Waals surface area (Å²) in [5, 5.41) is 10.4. The summed E-state index contributed by atoms with van der Waals surface area (Å²) in [6.45, 7) is 3.64. The topological polar surface area (TPSA) is 86.3 Å². The Morgan fingerprint density at radius 1 is 1.22 bits per heavy atom. The van der Waals surface area contributed by atoms with Gasteiger partial charge in [0.05, 0.1) is 18.4 Å². The molecule has 0 aliphatic heterocycles. The number of aromatic nitrogens is 5. The number of hydrogen-bond acceptors (Lipinski definition) is 5. The molecule has 1 N–H and O–H groups in total. The third-order valence-electron chi connectivity index (χ3n) is 4.88. The Morgan fingerprint density at radius 2 is 1.94 bits per heavy atom. The number of carbonyl (C=O) groups excluding carboxylic acids is 1. The van der Waals surface area contributed by atoms with Crippen molar-refractivity contribution in [3.05, 3.63) is 36.4 Å². The zero-order valence-corrected chi connectivity index (χ0v) is 17.7. The molecule has 0 aromatic carbocycles. The molecule has 1 amide bonds. The summed E-state index contributed by atoms with van der Waals surface area (Å²) < 4.78 is 45.2. The van der Waals surface area contributed by atoms with Gasteiger partial charge in [-0.25, -0.2) is 9.50 Å². The maximum absolute atomic E-state index is 12.8. The molecule has 170 valence electrons. The molecule has 0 bridgehead atoms. The number of rotatable bonds is 4. The maximum atomic E-state index is 12.8. The van der Waals surface area contributed by atoms with E-state index in [0.29, 0.717) is 0 Å². The molecule has 4 rings (SSSR count). The van der Waals surface area contributed by atoms with Crippen molar-refractivity contribution in [3.8, 4) is 17.7 Å². The van der Waals surface area contributed by atoms with Crippen molar-refractivity contribution in [1.82, 2.24) is 24.4 Å². The number of ether oxygens (including phenoxy) is 1. The van der Waals surface area contributed by atoms with Gasteiger partial charge in [0.25, 0.3) is 11.8 Å². The van der Waals surface area contributed by atoms with E-state index >= 15 is 0 Å². The van der Waals surface area contributed by atoms with Gasteiger partial charge >= 0.3 is 6.36 Å². The molecule has 8 nitrogen and oxygen atoms in total. The lowest BCUT2D eigenvalue weighted by Gasteiger charge is -2.21. The van der Waals surface area contributed by atoms with E-state index in [-0.39, 0.29) is 22.9 Å². The van der Waals surface area contributed by atoms with Crippen LogP contribution < -0.4 is 10.1 Å². The number of anilines is 1. The van der Waals surface area contributed by atoms with Crippen LogP contribution in [0, 0.1) is 11.8 Å². The first kappa shape index (κ1) is 23.1. The van der Waals surface area contributed by atoms with Gasteiger partial charge in [0.1, 0.15) is 11.3 Å². The van der Waals surface area contributed by atoms with Gasteiger partial charge in [0.15, 0.2) is 5.65 Å². The van der Waals surface area contributed by atoms with E-state index in [0.717, 1.165) is 32.1 Å². The van der Waals surface area contributed by atoms with Crippen LogP contribution in [-0.4, -0.2) is 36.6 Å². The summed E-state index contributed by atoms with van der Waals surface area (Å²) >= 11 is 0. The molecule has 3 heterocycles. The largest absolute Gasteiger partial charge is 0.574 e. The number of amides is 1. The Balaban J connectivity index is 0.000000668.